The van der Waals surface area contributed by atoms with Gasteiger partial charge in [0.05, 0.1) is 18.1 Å². The smallest absolute Gasteiger partial charge is 0.223 e. The maximum absolute atomic E-state index is 13.5. The molecule has 0 spiro atoms. The molecule has 78 valence electrons. The number of halogens is 2. The minimum Gasteiger partial charge on any atom is -0.266 e. The summed E-state index contributed by atoms with van der Waals surface area (Å²) in [5.74, 6) is -0.508. The zero-order valence-electron chi connectivity index (χ0n) is 8.20. The summed E-state index contributed by atoms with van der Waals surface area (Å²) < 4.78 is 15.0. The Morgan fingerprint density at radius 1 is 1.40 bits per heavy atom. The molecule has 0 atom stereocenters. The first-order chi connectivity index (χ1) is 7.09. The molecule has 0 aliphatic carbocycles. The minimum atomic E-state index is -0.508. The lowest BCUT2D eigenvalue weighted by Gasteiger charge is -2.04. The molecule has 0 bridgehead atoms. The second-order valence-corrected chi connectivity index (χ2v) is 3.47. The third-order valence-electron chi connectivity index (χ3n) is 2.06. The van der Waals surface area contributed by atoms with Crippen LogP contribution in [0.25, 0.3) is 11.4 Å². The predicted molar refractivity (Wildman–Crippen MR) is 53.9 cm³/mol. The SMILES string of the molecule is Cc1cnn(C)c1-c1nc(Cl)ncc1F. The van der Waals surface area contributed by atoms with E-state index in [0.717, 1.165) is 11.8 Å². The Hall–Kier alpha value is -1.49. The summed E-state index contributed by atoms with van der Waals surface area (Å²) in [5, 5.41) is 4.03. The Morgan fingerprint density at radius 2 is 2.13 bits per heavy atom. The van der Waals surface area contributed by atoms with Crippen LogP contribution in [0, 0.1) is 12.7 Å². The summed E-state index contributed by atoms with van der Waals surface area (Å²) in [7, 11) is 1.72. The molecule has 2 aromatic rings. The van der Waals surface area contributed by atoms with Gasteiger partial charge < -0.3 is 0 Å². The Labute approximate surface area is 90.7 Å². The van der Waals surface area contributed by atoms with Gasteiger partial charge in [-0.25, -0.2) is 14.4 Å². The predicted octanol–water partition coefficient (Wildman–Crippen LogP) is 1.98. The van der Waals surface area contributed by atoms with Crippen molar-refractivity contribution in [1.29, 1.82) is 0 Å². The molecular weight excluding hydrogens is 219 g/mol. The fourth-order valence-corrected chi connectivity index (χ4v) is 1.53. The zero-order valence-corrected chi connectivity index (χ0v) is 8.96. The van der Waals surface area contributed by atoms with Gasteiger partial charge in [0.25, 0.3) is 0 Å². The standard InChI is InChI=1S/C9H8ClFN4/c1-5-3-13-15(2)8(5)7-6(11)4-12-9(10)14-7/h3-4H,1-2H3. The van der Waals surface area contributed by atoms with Crippen molar-refractivity contribution >= 4 is 11.6 Å². The number of aromatic nitrogens is 4. The summed E-state index contributed by atoms with van der Waals surface area (Å²) in [6.07, 6.45) is 2.70. The van der Waals surface area contributed by atoms with Crippen molar-refractivity contribution in [3.63, 3.8) is 0 Å². The van der Waals surface area contributed by atoms with E-state index in [1.54, 1.807) is 17.9 Å². The normalized spacial score (nSPS) is 10.7. The molecule has 0 aliphatic heterocycles. The summed E-state index contributed by atoms with van der Waals surface area (Å²) >= 11 is 5.62. The van der Waals surface area contributed by atoms with Crippen LogP contribution in [0.2, 0.25) is 5.28 Å². The lowest BCUT2D eigenvalue weighted by molar-refractivity contribution is 0.614. The van der Waals surface area contributed by atoms with Gasteiger partial charge in [-0.1, -0.05) is 0 Å². The highest BCUT2D eigenvalue weighted by Crippen LogP contribution is 2.23. The van der Waals surface area contributed by atoms with Crippen LogP contribution in [0.4, 0.5) is 4.39 Å². The van der Waals surface area contributed by atoms with E-state index in [1.807, 2.05) is 6.92 Å². The van der Waals surface area contributed by atoms with Crippen molar-refractivity contribution in [2.45, 2.75) is 6.92 Å². The highest BCUT2D eigenvalue weighted by molar-refractivity contribution is 6.28. The number of hydrogen-bond donors (Lipinski definition) is 0. The second-order valence-electron chi connectivity index (χ2n) is 3.14. The Balaban J connectivity index is 2.68. The molecule has 2 heterocycles. The number of aryl methyl sites for hydroxylation is 2. The first kappa shape index (κ1) is 10.0. The van der Waals surface area contributed by atoms with E-state index in [2.05, 4.69) is 15.1 Å². The van der Waals surface area contributed by atoms with Crippen LogP contribution in [0.1, 0.15) is 5.56 Å². The molecule has 2 aromatic heterocycles. The number of rotatable bonds is 1. The molecule has 0 unspecified atom stereocenters. The first-order valence-corrected chi connectivity index (χ1v) is 4.64. The third kappa shape index (κ3) is 1.70. The molecule has 4 nitrogen and oxygen atoms in total. The molecule has 15 heavy (non-hydrogen) atoms. The van der Waals surface area contributed by atoms with Gasteiger partial charge in [-0.05, 0) is 24.1 Å². The van der Waals surface area contributed by atoms with E-state index in [-0.39, 0.29) is 11.0 Å². The van der Waals surface area contributed by atoms with Gasteiger partial charge in [0.15, 0.2) is 5.82 Å². The fourth-order valence-electron chi connectivity index (χ4n) is 1.40. The molecular formula is C9H8ClFN4. The van der Waals surface area contributed by atoms with Crippen LogP contribution < -0.4 is 0 Å². The molecule has 0 fully saturated rings. The van der Waals surface area contributed by atoms with Gasteiger partial charge in [-0.15, -0.1) is 0 Å². The van der Waals surface area contributed by atoms with E-state index in [0.29, 0.717) is 5.69 Å². The molecule has 0 aromatic carbocycles. The van der Waals surface area contributed by atoms with Crippen molar-refractivity contribution in [2.75, 3.05) is 0 Å². The van der Waals surface area contributed by atoms with E-state index < -0.39 is 5.82 Å². The summed E-state index contributed by atoms with van der Waals surface area (Å²) in [4.78, 5) is 7.41. The van der Waals surface area contributed by atoms with Crippen molar-refractivity contribution in [2.24, 2.45) is 7.05 Å². The Bertz CT molecular complexity index is 489. The molecule has 0 radical (unpaired) electrons. The quantitative estimate of drug-likeness (QED) is 0.699. The van der Waals surface area contributed by atoms with Crippen LogP contribution in [-0.4, -0.2) is 19.7 Å². The summed E-state index contributed by atoms with van der Waals surface area (Å²) in [5.41, 5.74) is 1.62. The Morgan fingerprint density at radius 3 is 2.73 bits per heavy atom. The maximum atomic E-state index is 13.5. The van der Waals surface area contributed by atoms with Gasteiger partial charge in [-0.3, -0.25) is 4.68 Å². The zero-order chi connectivity index (χ0) is 11.0. The second kappa shape index (κ2) is 3.58. The van der Waals surface area contributed by atoms with Crippen molar-refractivity contribution in [1.82, 2.24) is 19.7 Å². The summed E-state index contributed by atoms with van der Waals surface area (Å²) in [6, 6.07) is 0. The van der Waals surface area contributed by atoms with Gasteiger partial charge >= 0.3 is 0 Å². The summed E-state index contributed by atoms with van der Waals surface area (Å²) in [6.45, 7) is 1.83. The average Bonchev–Trinajstić information content (AvgIpc) is 2.51. The minimum absolute atomic E-state index is 0.0204. The fraction of sp³-hybridized carbons (Fsp3) is 0.222. The molecule has 0 saturated heterocycles. The number of hydrogen-bond acceptors (Lipinski definition) is 3. The van der Waals surface area contributed by atoms with E-state index in [9.17, 15) is 4.39 Å². The topological polar surface area (TPSA) is 43.6 Å². The van der Waals surface area contributed by atoms with E-state index >= 15 is 0 Å². The number of nitrogens with zero attached hydrogens (tertiary/aromatic N) is 4. The average molecular weight is 227 g/mol. The van der Waals surface area contributed by atoms with Crippen LogP contribution in [0.15, 0.2) is 12.4 Å². The van der Waals surface area contributed by atoms with Crippen molar-refractivity contribution in [3.05, 3.63) is 29.1 Å². The molecule has 0 amide bonds. The van der Waals surface area contributed by atoms with Crippen LogP contribution in [0.3, 0.4) is 0 Å². The van der Waals surface area contributed by atoms with Gasteiger partial charge in [-0.2, -0.15) is 5.10 Å². The van der Waals surface area contributed by atoms with Crippen molar-refractivity contribution < 1.29 is 4.39 Å². The van der Waals surface area contributed by atoms with Crippen LogP contribution in [0.5, 0.6) is 0 Å². The van der Waals surface area contributed by atoms with Gasteiger partial charge in [0.2, 0.25) is 5.28 Å². The van der Waals surface area contributed by atoms with Gasteiger partial charge in [0.1, 0.15) is 5.69 Å². The first-order valence-electron chi connectivity index (χ1n) is 4.26. The maximum Gasteiger partial charge on any atom is 0.223 e. The van der Waals surface area contributed by atoms with Crippen molar-refractivity contribution in [3.8, 4) is 11.4 Å². The van der Waals surface area contributed by atoms with E-state index in [1.165, 1.54) is 0 Å². The van der Waals surface area contributed by atoms with Gasteiger partial charge in [0, 0.05) is 7.05 Å². The molecule has 2 rings (SSSR count). The molecule has 0 aliphatic rings. The lowest BCUT2D eigenvalue weighted by atomic mass is 10.2. The molecule has 0 N–H and O–H groups in total. The van der Waals surface area contributed by atoms with Crippen LogP contribution in [-0.2, 0) is 7.05 Å². The monoisotopic (exact) mass is 226 g/mol. The molecule has 0 saturated carbocycles. The van der Waals surface area contributed by atoms with E-state index in [4.69, 9.17) is 11.6 Å². The largest absolute Gasteiger partial charge is 0.266 e. The third-order valence-corrected chi connectivity index (χ3v) is 2.24. The lowest BCUT2D eigenvalue weighted by Crippen LogP contribution is -2.00. The Kier molecular flexibility index (Phi) is 2.40. The highest BCUT2D eigenvalue weighted by Gasteiger charge is 2.14. The highest BCUT2D eigenvalue weighted by atomic mass is 35.5. The molecule has 6 heteroatoms. The van der Waals surface area contributed by atoms with Crippen LogP contribution >= 0.6 is 11.6 Å².